The molecular formula is C33H40N8O4. The second-order valence-corrected chi connectivity index (χ2v) is 12.2. The molecule has 45 heavy (non-hydrogen) atoms. The molecule has 2 fully saturated rings. The van der Waals surface area contributed by atoms with E-state index in [4.69, 9.17) is 14.7 Å². The monoisotopic (exact) mass is 612 g/mol. The smallest absolute Gasteiger partial charge is 0.407 e. The molecule has 0 saturated carbocycles. The van der Waals surface area contributed by atoms with Crippen molar-refractivity contribution in [1.82, 2.24) is 24.7 Å². The van der Waals surface area contributed by atoms with Gasteiger partial charge in [-0.2, -0.15) is 15.2 Å². The average Bonchev–Trinajstić information content (AvgIpc) is 3.49. The van der Waals surface area contributed by atoms with Crippen LogP contribution in [0.15, 0.2) is 42.5 Å². The summed E-state index contributed by atoms with van der Waals surface area (Å²) in [4.78, 5) is 43.8. The van der Waals surface area contributed by atoms with E-state index in [0.29, 0.717) is 32.8 Å². The van der Waals surface area contributed by atoms with E-state index in [1.807, 2.05) is 6.07 Å². The number of aromatic nitrogens is 2. The maximum atomic E-state index is 12.4. The fraction of sp³-hybridized carbons (Fsp3) is 0.485. The van der Waals surface area contributed by atoms with Crippen LogP contribution in [0, 0.1) is 11.3 Å². The summed E-state index contributed by atoms with van der Waals surface area (Å²) in [6.45, 7) is 4.06. The molecule has 1 aromatic heterocycles. The van der Waals surface area contributed by atoms with Gasteiger partial charge < -0.3 is 29.4 Å². The highest BCUT2D eigenvalue weighted by atomic mass is 16.5. The number of nitriles is 1. The second kappa shape index (κ2) is 13.2. The topological polar surface area (TPSA) is 129 Å². The van der Waals surface area contributed by atoms with Gasteiger partial charge in [-0.25, -0.2) is 4.79 Å². The minimum absolute atomic E-state index is 0.0650. The van der Waals surface area contributed by atoms with Gasteiger partial charge in [0.15, 0.2) is 0 Å². The standard InChI is InChI=1S/C33H40N8O4/c1-37(2)30(42)21-38-15-6-9-25(38)22-45-32-35-28-20-39(29-11-5-8-23-7-3-4-10-26(23)29)16-13-27(28)31(36-32)40-17-18-41(33(43)44)24(19-40)12-14-34/h3-5,7-8,10-11,24-25H,6,9,12-13,15-22H2,1-2H3,(H,43,44)/t24?,25-/m0/s1. The molecule has 2 saturated heterocycles. The van der Waals surface area contributed by atoms with Gasteiger partial charge in [0, 0.05) is 63.0 Å². The summed E-state index contributed by atoms with van der Waals surface area (Å²) in [5, 5.41) is 21.5. The molecule has 6 rings (SSSR count). The van der Waals surface area contributed by atoms with Crippen molar-refractivity contribution in [3.05, 3.63) is 53.7 Å². The molecule has 0 radical (unpaired) electrons. The second-order valence-electron chi connectivity index (χ2n) is 12.2. The maximum absolute atomic E-state index is 12.4. The summed E-state index contributed by atoms with van der Waals surface area (Å²) in [5.41, 5.74) is 3.08. The lowest BCUT2D eigenvalue weighted by atomic mass is 10.0. The Hall–Kier alpha value is -4.63. The number of amides is 2. The Labute approximate surface area is 263 Å². The Morgan fingerprint density at radius 2 is 1.87 bits per heavy atom. The van der Waals surface area contributed by atoms with Gasteiger partial charge in [0.2, 0.25) is 5.91 Å². The number of carboxylic acid groups (broad SMARTS) is 1. The van der Waals surface area contributed by atoms with E-state index in [2.05, 4.69) is 57.2 Å². The van der Waals surface area contributed by atoms with E-state index in [-0.39, 0.29) is 30.9 Å². The molecule has 3 aliphatic rings. The molecule has 2 atom stereocenters. The Bertz CT molecular complexity index is 1600. The third-order valence-corrected chi connectivity index (χ3v) is 9.23. The van der Waals surface area contributed by atoms with Crippen LogP contribution in [0.2, 0.25) is 0 Å². The number of carbonyl (C=O) groups is 2. The van der Waals surface area contributed by atoms with Gasteiger partial charge >= 0.3 is 12.1 Å². The lowest BCUT2D eigenvalue weighted by Gasteiger charge is -2.41. The molecular weight excluding hydrogens is 572 g/mol. The largest absolute Gasteiger partial charge is 0.465 e. The van der Waals surface area contributed by atoms with Crippen molar-refractivity contribution in [2.75, 3.05) is 69.8 Å². The average molecular weight is 613 g/mol. The summed E-state index contributed by atoms with van der Waals surface area (Å²) in [7, 11) is 3.54. The Balaban J connectivity index is 1.30. The molecule has 12 nitrogen and oxygen atoms in total. The van der Waals surface area contributed by atoms with Crippen LogP contribution in [0.1, 0.15) is 30.5 Å². The van der Waals surface area contributed by atoms with Crippen LogP contribution in [-0.4, -0.2) is 114 Å². The number of likely N-dealkylation sites (tertiary alicyclic amines) is 1. The number of fused-ring (bicyclic) bond motifs is 2. The van der Waals surface area contributed by atoms with Crippen molar-refractivity contribution < 1.29 is 19.4 Å². The number of nitrogens with zero attached hydrogens (tertiary/aromatic N) is 8. The van der Waals surface area contributed by atoms with Crippen LogP contribution in [0.25, 0.3) is 10.8 Å². The van der Waals surface area contributed by atoms with Crippen LogP contribution in [0.4, 0.5) is 16.3 Å². The SMILES string of the molecule is CN(C)C(=O)CN1CCC[C@H]1COc1nc2c(c(N3CCN(C(=O)O)C(CC#N)C3)n1)CCN(c1cccc3ccccc13)C2. The van der Waals surface area contributed by atoms with Crippen molar-refractivity contribution in [3.8, 4) is 12.1 Å². The molecule has 0 aliphatic carbocycles. The van der Waals surface area contributed by atoms with Crippen LogP contribution < -0.4 is 14.5 Å². The zero-order valence-corrected chi connectivity index (χ0v) is 25.9. The van der Waals surface area contributed by atoms with Crippen molar-refractivity contribution in [2.45, 2.75) is 44.3 Å². The summed E-state index contributed by atoms with van der Waals surface area (Å²) in [6.07, 6.45) is 1.75. The fourth-order valence-electron chi connectivity index (χ4n) is 6.76. The molecule has 2 aromatic carbocycles. The first kappa shape index (κ1) is 30.4. The summed E-state index contributed by atoms with van der Waals surface area (Å²) in [5.74, 6) is 0.821. The Morgan fingerprint density at radius 3 is 2.67 bits per heavy atom. The highest BCUT2D eigenvalue weighted by Crippen LogP contribution is 2.35. The Kier molecular flexibility index (Phi) is 8.89. The first-order valence-electron chi connectivity index (χ1n) is 15.6. The minimum Gasteiger partial charge on any atom is -0.465 e. The zero-order chi connectivity index (χ0) is 31.5. The molecule has 2 amide bonds. The maximum Gasteiger partial charge on any atom is 0.407 e. The predicted octanol–water partition coefficient (Wildman–Crippen LogP) is 3.21. The number of ether oxygens (including phenoxy) is 1. The van der Waals surface area contributed by atoms with Crippen molar-refractivity contribution >= 4 is 34.3 Å². The van der Waals surface area contributed by atoms with Gasteiger partial charge in [0.05, 0.1) is 37.3 Å². The first-order valence-corrected chi connectivity index (χ1v) is 15.6. The molecule has 236 valence electrons. The highest BCUT2D eigenvalue weighted by molar-refractivity contribution is 5.94. The van der Waals surface area contributed by atoms with E-state index >= 15 is 0 Å². The lowest BCUT2D eigenvalue weighted by molar-refractivity contribution is -0.130. The normalized spacial score (nSPS) is 20.2. The van der Waals surface area contributed by atoms with E-state index < -0.39 is 12.1 Å². The van der Waals surface area contributed by atoms with Crippen molar-refractivity contribution in [3.63, 3.8) is 0 Å². The van der Waals surface area contributed by atoms with Crippen LogP contribution >= 0.6 is 0 Å². The number of benzene rings is 2. The molecule has 1 unspecified atom stereocenters. The van der Waals surface area contributed by atoms with Crippen molar-refractivity contribution in [1.29, 1.82) is 5.26 Å². The number of rotatable bonds is 8. The van der Waals surface area contributed by atoms with Gasteiger partial charge in [-0.1, -0.05) is 36.4 Å². The molecule has 12 heteroatoms. The Morgan fingerprint density at radius 1 is 1.04 bits per heavy atom. The molecule has 4 heterocycles. The van der Waals surface area contributed by atoms with Gasteiger partial charge in [0.1, 0.15) is 12.4 Å². The van der Waals surface area contributed by atoms with Crippen molar-refractivity contribution in [2.24, 2.45) is 0 Å². The number of likely N-dealkylation sites (N-methyl/N-ethyl adjacent to an activating group) is 1. The molecule has 3 aliphatic heterocycles. The third kappa shape index (κ3) is 6.44. The number of piperazine rings is 1. The van der Waals surface area contributed by atoms with Crippen LogP contribution in [-0.2, 0) is 17.8 Å². The van der Waals surface area contributed by atoms with Gasteiger partial charge in [-0.05, 0) is 37.3 Å². The van der Waals surface area contributed by atoms with Crippen LogP contribution in [0.5, 0.6) is 6.01 Å². The number of carbonyl (C=O) groups excluding carboxylic acids is 1. The van der Waals surface area contributed by atoms with E-state index in [1.165, 1.54) is 15.7 Å². The predicted molar refractivity (Wildman–Crippen MR) is 170 cm³/mol. The third-order valence-electron chi connectivity index (χ3n) is 9.23. The van der Waals surface area contributed by atoms with Crippen LogP contribution in [0.3, 0.4) is 0 Å². The van der Waals surface area contributed by atoms with E-state index in [1.54, 1.807) is 19.0 Å². The quantitative estimate of drug-likeness (QED) is 0.405. The highest BCUT2D eigenvalue weighted by Gasteiger charge is 2.34. The van der Waals surface area contributed by atoms with E-state index in [0.717, 1.165) is 55.1 Å². The number of anilines is 2. The van der Waals surface area contributed by atoms with Gasteiger partial charge in [-0.15, -0.1) is 0 Å². The molecule has 0 bridgehead atoms. The summed E-state index contributed by atoms with van der Waals surface area (Å²) >= 11 is 0. The molecule has 0 spiro atoms. The minimum atomic E-state index is -1.01. The summed E-state index contributed by atoms with van der Waals surface area (Å²) < 4.78 is 6.31. The van der Waals surface area contributed by atoms with Gasteiger partial charge in [0.25, 0.3) is 0 Å². The fourth-order valence-corrected chi connectivity index (χ4v) is 6.76. The summed E-state index contributed by atoms with van der Waals surface area (Å²) in [6, 6.07) is 16.8. The molecule has 3 aromatic rings. The van der Waals surface area contributed by atoms with Gasteiger partial charge in [-0.3, -0.25) is 9.69 Å². The molecule has 1 N–H and O–H groups in total. The number of hydrogen-bond donors (Lipinski definition) is 1. The van der Waals surface area contributed by atoms with E-state index in [9.17, 15) is 20.0 Å². The zero-order valence-electron chi connectivity index (χ0n) is 25.9. The lowest BCUT2D eigenvalue weighted by Crippen LogP contribution is -2.55. The number of hydrogen-bond acceptors (Lipinski definition) is 9. The first-order chi connectivity index (χ1) is 21.8.